The highest BCUT2D eigenvalue weighted by molar-refractivity contribution is 5.37. The molecule has 0 heterocycles. The molecule has 0 aliphatic heterocycles. The lowest BCUT2D eigenvalue weighted by Gasteiger charge is -2.11. The maximum absolute atomic E-state index is 9.08. The minimum atomic E-state index is 0.753. The number of nitrogens with one attached hydrogen (secondary N) is 1. The summed E-state index contributed by atoms with van der Waals surface area (Å²) in [6.45, 7) is 0.862. The molecule has 0 aromatic heterocycles. The van der Waals surface area contributed by atoms with Crippen molar-refractivity contribution >= 4 is 0 Å². The summed E-state index contributed by atoms with van der Waals surface area (Å²) in [5.41, 5.74) is 1.97. The first kappa shape index (κ1) is 10.6. The molecule has 3 fully saturated rings. The van der Waals surface area contributed by atoms with Gasteiger partial charge in [-0.25, -0.2) is 0 Å². The zero-order valence-electron chi connectivity index (χ0n) is 10.5. The van der Waals surface area contributed by atoms with Crippen molar-refractivity contribution in [1.82, 2.24) is 5.32 Å². The van der Waals surface area contributed by atoms with Crippen LogP contribution in [0, 0.1) is 35.0 Å². The number of fused-ring (bicyclic) bond motifs is 5. The number of benzene rings is 1. The topological polar surface area (TPSA) is 35.8 Å². The fourth-order valence-electron chi connectivity index (χ4n) is 4.61. The van der Waals surface area contributed by atoms with Crippen molar-refractivity contribution in [3.63, 3.8) is 0 Å². The molecule has 0 saturated heterocycles. The first-order valence-electron chi connectivity index (χ1n) is 7.10. The standard InChI is InChI=1S/C16H18N2/c17-8-12-3-1-2-4-13(12)9-18-16-14-10-5-6-11(7-10)15(14)16/h1-4,10-11,14-16,18H,5-7,9H2. The molecule has 4 atom stereocenters. The fraction of sp³-hybridized carbons (Fsp3) is 0.562. The number of nitrogens with zero attached hydrogens (tertiary/aromatic N) is 1. The van der Waals surface area contributed by atoms with E-state index in [-0.39, 0.29) is 0 Å². The summed E-state index contributed by atoms with van der Waals surface area (Å²) in [4.78, 5) is 0. The van der Waals surface area contributed by atoms with Crippen LogP contribution >= 0.6 is 0 Å². The van der Waals surface area contributed by atoms with Gasteiger partial charge >= 0.3 is 0 Å². The SMILES string of the molecule is N#Cc1ccccc1CNC1C2C3CCC(C3)C12. The van der Waals surface area contributed by atoms with E-state index in [9.17, 15) is 0 Å². The summed E-state index contributed by atoms with van der Waals surface area (Å²) in [7, 11) is 0. The minimum absolute atomic E-state index is 0.753. The Hall–Kier alpha value is -1.33. The van der Waals surface area contributed by atoms with Crippen molar-refractivity contribution in [2.75, 3.05) is 0 Å². The van der Waals surface area contributed by atoms with Gasteiger partial charge in [0.1, 0.15) is 0 Å². The fourth-order valence-corrected chi connectivity index (χ4v) is 4.61. The molecule has 18 heavy (non-hydrogen) atoms. The van der Waals surface area contributed by atoms with Crippen molar-refractivity contribution in [2.24, 2.45) is 23.7 Å². The number of hydrogen-bond donors (Lipinski definition) is 1. The third-order valence-electron chi connectivity index (χ3n) is 5.40. The van der Waals surface area contributed by atoms with Gasteiger partial charge in [0.15, 0.2) is 0 Å². The van der Waals surface area contributed by atoms with Crippen LogP contribution in [0.2, 0.25) is 0 Å². The Labute approximate surface area is 108 Å². The Morgan fingerprint density at radius 1 is 1.17 bits per heavy atom. The maximum atomic E-state index is 9.08. The highest BCUT2D eigenvalue weighted by Gasteiger charge is 2.64. The van der Waals surface area contributed by atoms with E-state index in [4.69, 9.17) is 5.26 Å². The summed E-state index contributed by atoms with van der Waals surface area (Å²) in [5, 5.41) is 12.8. The first-order chi connectivity index (χ1) is 8.88. The van der Waals surface area contributed by atoms with E-state index in [2.05, 4.69) is 17.5 Å². The van der Waals surface area contributed by atoms with Gasteiger partial charge in [-0.3, -0.25) is 0 Å². The first-order valence-corrected chi connectivity index (χ1v) is 7.10. The van der Waals surface area contributed by atoms with Crippen LogP contribution in [0.5, 0.6) is 0 Å². The average molecular weight is 238 g/mol. The molecule has 1 aromatic rings. The zero-order chi connectivity index (χ0) is 12.1. The van der Waals surface area contributed by atoms with Gasteiger partial charge in [-0.15, -0.1) is 0 Å². The molecule has 4 rings (SSSR count). The Morgan fingerprint density at radius 2 is 1.89 bits per heavy atom. The van der Waals surface area contributed by atoms with Gasteiger partial charge in [0.2, 0.25) is 0 Å². The zero-order valence-corrected chi connectivity index (χ0v) is 10.5. The normalized spacial score (nSPS) is 39.4. The smallest absolute Gasteiger partial charge is 0.0995 e. The molecule has 0 amide bonds. The number of hydrogen-bond acceptors (Lipinski definition) is 2. The van der Waals surface area contributed by atoms with Gasteiger partial charge in [-0.2, -0.15) is 5.26 Å². The Kier molecular flexibility index (Phi) is 2.25. The molecule has 4 unspecified atom stereocenters. The second-order valence-corrected chi connectivity index (χ2v) is 6.16. The molecule has 3 saturated carbocycles. The van der Waals surface area contributed by atoms with Crippen molar-refractivity contribution in [3.8, 4) is 6.07 Å². The Bertz CT molecular complexity index is 500. The average Bonchev–Trinajstić information content (AvgIpc) is 2.80. The molecule has 2 heteroatoms. The summed E-state index contributed by atoms with van der Waals surface area (Å²) >= 11 is 0. The third-order valence-corrected chi connectivity index (χ3v) is 5.40. The van der Waals surface area contributed by atoms with E-state index >= 15 is 0 Å². The predicted octanol–water partition coefficient (Wildman–Crippen LogP) is 2.69. The van der Waals surface area contributed by atoms with E-state index < -0.39 is 0 Å². The van der Waals surface area contributed by atoms with E-state index in [0.717, 1.165) is 47.4 Å². The van der Waals surface area contributed by atoms with Crippen LogP contribution in [0.4, 0.5) is 0 Å². The van der Waals surface area contributed by atoms with Gasteiger partial charge in [-0.05, 0) is 54.6 Å². The van der Waals surface area contributed by atoms with Crippen molar-refractivity contribution in [1.29, 1.82) is 5.26 Å². The van der Waals surface area contributed by atoms with Crippen LogP contribution in [0.3, 0.4) is 0 Å². The second-order valence-electron chi connectivity index (χ2n) is 6.16. The molecule has 2 nitrogen and oxygen atoms in total. The molecule has 3 aliphatic rings. The van der Waals surface area contributed by atoms with E-state index in [0.29, 0.717) is 0 Å². The molecule has 3 aliphatic carbocycles. The summed E-state index contributed by atoms with van der Waals surface area (Å²) in [6.07, 6.45) is 4.44. The lowest BCUT2D eigenvalue weighted by atomic mass is 10.0. The monoisotopic (exact) mass is 238 g/mol. The van der Waals surface area contributed by atoms with Gasteiger partial charge < -0.3 is 5.32 Å². The van der Waals surface area contributed by atoms with Gasteiger partial charge in [0, 0.05) is 12.6 Å². The lowest BCUT2D eigenvalue weighted by molar-refractivity contribution is 0.456. The van der Waals surface area contributed by atoms with Crippen LogP contribution in [0.25, 0.3) is 0 Å². The van der Waals surface area contributed by atoms with E-state index in [1.165, 1.54) is 19.3 Å². The molecule has 92 valence electrons. The van der Waals surface area contributed by atoms with Crippen LogP contribution in [-0.2, 0) is 6.54 Å². The highest BCUT2D eigenvalue weighted by Crippen LogP contribution is 2.65. The second kappa shape index (κ2) is 3.83. The summed E-state index contributed by atoms with van der Waals surface area (Å²) in [5.74, 6) is 3.98. The third kappa shape index (κ3) is 1.44. The largest absolute Gasteiger partial charge is 0.309 e. The van der Waals surface area contributed by atoms with E-state index in [1.54, 1.807) is 0 Å². The molecule has 1 N–H and O–H groups in total. The van der Waals surface area contributed by atoms with Crippen LogP contribution < -0.4 is 5.32 Å². The van der Waals surface area contributed by atoms with Gasteiger partial charge in [-0.1, -0.05) is 18.2 Å². The van der Waals surface area contributed by atoms with Crippen LogP contribution in [-0.4, -0.2) is 6.04 Å². The molecule has 0 radical (unpaired) electrons. The molecular weight excluding hydrogens is 220 g/mol. The van der Waals surface area contributed by atoms with Crippen LogP contribution in [0.15, 0.2) is 24.3 Å². The molecule has 1 aromatic carbocycles. The number of rotatable bonds is 3. The van der Waals surface area contributed by atoms with Gasteiger partial charge in [0.25, 0.3) is 0 Å². The van der Waals surface area contributed by atoms with Crippen molar-refractivity contribution in [2.45, 2.75) is 31.8 Å². The Morgan fingerprint density at radius 3 is 2.61 bits per heavy atom. The molecular formula is C16H18N2. The van der Waals surface area contributed by atoms with Crippen LogP contribution in [0.1, 0.15) is 30.4 Å². The highest BCUT2D eigenvalue weighted by atomic mass is 15.0. The minimum Gasteiger partial charge on any atom is -0.309 e. The molecule has 2 bridgehead atoms. The van der Waals surface area contributed by atoms with E-state index in [1.807, 2.05) is 18.2 Å². The van der Waals surface area contributed by atoms with Crippen molar-refractivity contribution in [3.05, 3.63) is 35.4 Å². The lowest BCUT2D eigenvalue weighted by Crippen LogP contribution is -2.22. The predicted molar refractivity (Wildman–Crippen MR) is 69.6 cm³/mol. The maximum Gasteiger partial charge on any atom is 0.0995 e. The molecule has 0 spiro atoms. The van der Waals surface area contributed by atoms with Gasteiger partial charge in [0.05, 0.1) is 11.6 Å². The summed E-state index contributed by atoms with van der Waals surface area (Å²) < 4.78 is 0. The Balaban J connectivity index is 1.42. The quantitative estimate of drug-likeness (QED) is 0.878. The number of nitriles is 1. The summed E-state index contributed by atoms with van der Waals surface area (Å²) in [6, 6.07) is 11.0. The van der Waals surface area contributed by atoms with Crippen molar-refractivity contribution < 1.29 is 0 Å².